The fourth-order valence-corrected chi connectivity index (χ4v) is 3.22. The molecular weight excluding hydrogens is 336 g/mol. The lowest BCUT2D eigenvalue weighted by atomic mass is 9.99. The van der Waals surface area contributed by atoms with Crippen LogP contribution in [0.3, 0.4) is 0 Å². The number of rotatable bonds is 5. The van der Waals surface area contributed by atoms with E-state index in [9.17, 15) is 13.2 Å². The van der Waals surface area contributed by atoms with Gasteiger partial charge in [0.2, 0.25) is 10.0 Å². The van der Waals surface area contributed by atoms with Crippen molar-refractivity contribution in [2.45, 2.75) is 44.0 Å². The summed E-state index contributed by atoms with van der Waals surface area (Å²) in [6.07, 6.45) is 1.71. The van der Waals surface area contributed by atoms with E-state index < -0.39 is 21.5 Å². The van der Waals surface area contributed by atoms with E-state index in [0.717, 1.165) is 18.9 Å². The van der Waals surface area contributed by atoms with Crippen LogP contribution in [0.2, 0.25) is 0 Å². The molecule has 0 radical (unpaired) electrons. The summed E-state index contributed by atoms with van der Waals surface area (Å²) in [7, 11) is -3.92. The normalized spacial score (nSPS) is 12.5. The molecule has 0 fully saturated rings. The number of nitrogens with two attached hydrogens (primary N) is 1. The first-order valence-corrected chi connectivity index (χ1v) is 8.05. The average molecular weight is 353 g/mol. The number of carbonyl (C=O) groups is 1. The van der Waals surface area contributed by atoms with Gasteiger partial charge in [-0.05, 0) is 36.2 Å². The molecule has 0 aromatic carbocycles. The number of furan rings is 1. The largest absolute Gasteiger partial charge is 0.443 e. The predicted molar refractivity (Wildman–Crippen MR) is 74.2 cm³/mol. The predicted octanol–water partition coefficient (Wildman–Crippen LogP) is 2.00. The summed E-state index contributed by atoms with van der Waals surface area (Å²) in [5.74, 6) is -0.575. The number of halogens is 1. The van der Waals surface area contributed by atoms with Crippen LogP contribution in [0.1, 0.15) is 44.2 Å². The van der Waals surface area contributed by atoms with Crippen molar-refractivity contribution < 1.29 is 17.6 Å². The molecule has 19 heavy (non-hydrogen) atoms. The van der Waals surface area contributed by atoms with Gasteiger partial charge in [0.05, 0.1) is 0 Å². The minimum atomic E-state index is -3.92. The third kappa shape index (κ3) is 4.32. The molecule has 1 rings (SSSR count). The van der Waals surface area contributed by atoms with Gasteiger partial charge in [-0.3, -0.25) is 4.79 Å². The molecule has 0 bridgehead atoms. The molecule has 0 aliphatic rings. The molecule has 0 unspecified atom stereocenters. The molecule has 3 N–H and O–H groups in total. The zero-order chi connectivity index (χ0) is 14.8. The smallest absolute Gasteiger partial charge is 0.287 e. The van der Waals surface area contributed by atoms with Crippen LogP contribution in [0.5, 0.6) is 0 Å². The Labute approximate surface area is 120 Å². The first kappa shape index (κ1) is 16.2. The molecule has 1 heterocycles. The second-order valence-corrected chi connectivity index (χ2v) is 7.13. The highest BCUT2D eigenvalue weighted by atomic mass is 79.9. The Morgan fingerprint density at radius 2 is 2.11 bits per heavy atom. The Balaban J connectivity index is 2.97. The number of sulfonamides is 1. The quantitative estimate of drug-likeness (QED) is 0.845. The maximum absolute atomic E-state index is 12.0. The van der Waals surface area contributed by atoms with Crippen LogP contribution in [-0.2, 0) is 10.0 Å². The van der Waals surface area contributed by atoms with Crippen LogP contribution in [0.25, 0.3) is 0 Å². The van der Waals surface area contributed by atoms with Gasteiger partial charge in [-0.15, -0.1) is 0 Å². The first-order valence-electron chi connectivity index (χ1n) is 5.71. The Morgan fingerprint density at radius 1 is 1.53 bits per heavy atom. The molecule has 0 spiro atoms. The maximum Gasteiger partial charge on any atom is 0.287 e. The zero-order valence-corrected chi connectivity index (χ0v) is 13.4. The summed E-state index contributed by atoms with van der Waals surface area (Å²) in [6, 6.07) is 1.11. The van der Waals surface area contributed by atoms with E-state index in [-0.39, 0.29) is 15.3 Å². The SMILES string of the molecule is CCCC(C)(C)NC(=O)c1cc(S(N)(=O)=O)c(Br)o1. The molecular formula is C11H17BrN2O4S. The van der Waals surface area contributed by atoms with E-state index in [2.05, 4.69) is 21.2 Å². The van der Waals surface area contributed by atoms with Crippen molar-refractivity contribution in [1.82, 2.24) is 5.32 Å². The van der Waals surface area contributed by atoms with Gasteiger partial charge in [-0.25, -0.2) is 13.6 Å². The van der Waals surface area contributed by atoms with Crippen LogP contribution >= 0.6 is 15.9 Å². The van der Waals surface area contributed by atoms with Crippen molar-refractivity contribution in [3.63, 3.8) is 0 Å². The molecule has 0 saturated heterocycles. The van der Waals surface area contributed by atoms with Crippen LogP contribution in [-0.4, -0.2) is 19.9 Å². The van der Waals surface area contributed by atoms with Gasteiger partial charge >= 0.3 is 0 Å². The number of primary sulfonamides is 1. The van der Waals surface area contributed by atoms with Crippen LogP contribution in [0.4, 0.5) is 0 Å². The number of hydrogen-bond acceptors (Lipinski definition) is 4. The Bertz CT molecular complexity index is 578. The summed E-state index contributed by atoms with van der Waals surface area (Å²) in [5.41, 5.74) is -0.396. The van der Waals surface area contributed by atoms with E-state index in [0.29, 0.717) is 0 Å². The van der Waals surface area contributed by atoms with Gasteiger partial charge in [0, 0.05) is 11.6 Å². The minimum Gasteiger partial charge on any atom is -0.443 e. The summed E-state index contributed by atoms with van der Waals surface area (Å²) in [6.45, 7) is 5.77. The maximum atomic E-state index is 12.0. The summed E-state index contributed by atoms with van der Waals surface area (Å²) in [4.78, 5) is 11.7. The van der Waals surface area contributed by atoms with Gasteiger partial charge in [0.25, 0.3) is 5.91 Å². The third-order valence-electron chi connectivity index (χ3n) is 2.51. The van der Waals surface area contributed by atoms with Gasteiger partial charge in [0.1, 0.15) is 4.90 Å². The molecule has 8 heteroatoms. The molecule has 0 aliphatic heterocycles. The van der Waals surface area contributed by atoms with Gasteiger partial charge < -0.3 is 9.73 Å². The van der Waals surface area contributed by atoms with Crippen molar-refractivity contribution >= 4 is 31.9 Å². The third-order valence-corrected chi connectivity index (χ3v) is 4.28. The standard InChI is InChI=1S/C11H17BrN2O4S/c1-4-5-11(2,3)14-10(15)7-6-8(9(12)18-7)19(13,16)17/h6H,4-5H2,1-3H3,(H,14,15)(H2,13,16,17). The molecule has 1 aromatic heterocycles. The van der Waals surface area contributed by atoms with Crippen molar-refractivity contribution in [2.75, 3.05) is 0 Å². The van der Waals surface area contributed by atoms with Crippen LogP contribution in [0, 0.1) is 0 Å². The molecule has 1 amide bonds. The molecule has 6 nitrogen and oxygen atoms in total. The fourth-order valence-electron chi connectivity index (χ4n) is 1.71. The summed E-state index contributed by atoms with van der Waals surface area (Å²) < 4.78 is 27.5. The molecule has 108 valence electrons. The van der Waals surface area contributed by atoms with E-state index >= 15 is 0 Å². The van der Waals surface area contributed by atoms with Crippen LogP contribution < -0.4 is 10.5 Å². The fraction of sp³-hybridized carbons (Fsp3) is 0.545. The van der Waals surface area contributed by atoms with Gasteiger partial charge in [0.15, 0.2) is 10.4 Å². The van der Waals surface area contributed by atoms with E-state index in [4.69, 9.17) is 9.56 Å². The Morgan fingerprint density at radius 3 is 2.53 bits per heavy atom. The summed E-state index contributed by atoms with van der Waals surface area (Å²) >= 11 is 2.93. The summed E-state index contributed by atoms with van der Waals surface area (Å²) in [5, 5.41) is 7.77. The molecule has 1 aromatic rings. The lowest BCUT2D eigenvalue weighted by Gasteiger charge is -2.25. The number of amides is 1. The highest BCUT2D eigenvalue weighted by Crippen LogP contribution is 2.25. The number of carbonyl (C=O) groups excluding carboxylic acids is 1. The first-order chi connectivity index (χ1) is 8.57. The highest BCUT2D eigenvalue weighted by Gasteiger charge is 2.25. The number of hydrogen-bond donors (Lipinski definition) is 2. The monoisotopic (exact) mass is 352 g/mol. The van der Waals surface area contributed by atoms with E-state index in [1.165, 1.54) is 0 Å². The van der Waals surface area contributed by atoms with Crippen LogP contribution in [0.15, 0.2) is 20.0 Å². The van der Waals surface area contributed by atoms with E-state index in [1.54, 1.807) is 0 Å². The highest BCUT2D eigenvalue weighted by molar-refractivity contribution is 9.10. The molecule has 0 aliphatic carbocycles. The van der Waals surface area contributed by atoms with E-state index in [1.807, 2.05) is 20.8 Å². The van der Waals surface area contributed by atoms with Gasteiger partial charge in [-0.1, -0.05) is 13.3 Å². The Hall–Kier alpha value is -0.860. The van der Waals surface area contributed by atoms with Crippen molar-refractivity contribution in [3.8, 4) is 0 Å². The average Bonchev–Trinajstić information content (AvgIpc) is 2.58. The molecule has 0 atom stereocenters. The van der Waals surface area contributed by atoms with Crippen molar-refractivity contribution in [3.05, 3.63) is 16.5 Å². The lowest BCUT2D eigenvalue weighted by molar-refractivity contribution is 0.0879. The van der Waals surface area contributed by atoms with Crippen molar-refractivity contribution in [1.29, 1.82) is 0 Å². The molecule has 0 saturated carbocycles. The second-order valence-electron chi connectivity index (χ2n) is 4.88. The second kappa shape index (κ2) is 5.64. The Kier molecular flexibility index (Phi) is 4.81. The lowest BCUT2D eigenvalue weighted by Crippen LogP contribution is -2.43. The van der Waals surface area contributed by atoms with Gasteiger partial charge in [-0.2, -0.15) is 0 Å². The zero-order valence-electron chi connectivity index (χ0n) is 11.0. The topological polar surface area (TPSA) is 102 Å². The minimum absolute atomic E-state index is 0.0755. The number of nitrogens with one attached hydrogen (secondary N) is 1. The van der Waals surface area contributed by atoms with Crippen molar-refractivity contribution in [2.24, 2.45) is 5.14 Å².